The molecule has 86 heavy (non-hydrogen) atoms. The van der Waals surface area contributed by atoms with Crippen molar-refractivity contribution in [3.05, 3.63) is 163 Å². The molecule has 17 bridgehead atoms. The summed E-state index contributed by atoms with van der Waals surface area (Å²) in [6, 6.07) is 6.46. The molecular weight excluding hydrogens is 1190 g/mol. The first kappa shape index (κ1) is 57.6. The second-order valence-electron chi connectivity index (χ2n) is 20.2. The number of halogens is 3. The van der Waals surface area contributed by atoms with E-state index in [0.29, 0.717) is 5.56 Å². The number of nitrogens with one attached hydrogen (secondary N) is 6. The first-order valence-corrected chi connectivity index (χ1v) is 26.8. The Morgan fingerprint density at radius 1 is 0.488 bits per heavy atom. The summed E-state index contributed by atoms with van der Waals surface area (Å²) in [5.41, 5.74) is 3.97. The summed E-state index contributed by atoms with van der Waals surface area (Å²) < 4.78 is 18.4. The van der Waals surface area contributed by atoms with Crippen LogP contribution in [0.4, 0.5) is 0 Å². The van der Waals surface area contributed by atoms with E-state index in [1.54, 1.807) is 0 Å². The Kier molecular flexibility index (Phi) is 15.0. The maximum absolute atomic E-state index is 15.7. The topological polar surface area (TPSA) is 407 Å². The molecule has 0 saturated carbocycles. The van der Waals surface area contributed by atoms with E-state index >= 15 is 14.4 Å². The van der Waals surface area contributed by atoms with Crippen LogP contribution in [0.25, 0.3) is 11.1 Å². The van der Waals surface area contributed by atoms with Crippen molar-refractivity contribution in [2.45, 2.75) is 54.8 Å². The SMILES string of the molecule is N[C@@H]1C(=O)N[C@H]2Cc3ccc(c(Cl)c3)Oc3cc4cc(c3O)Oc3ccc(cc3Cl)[C@@H](O)[C@@H]3NC(=O)[C@H](NC(=O)[C@@H]4NC(=O)[C@@H](NC2=O)c2cc(O)cc(c2)Oc2cc1ccc2O)c1cc(Cl)c(O)c(c1)-c1c(O)cc(O)cc1[C@H](C(=O)O)NC3=O. The lowest BCUT2D eigenvalue weighted by Crippen LogP contribution is -2.55. The predicted octanol–water partition coefficient (Wildman–Crippen LogP) is 5.64. The van der Waals surface area contributed by atoms with E-state index in [2.05, 4.69) is 31.9 Å². The first-order valence-electron chi connectivity index (χ1n) is 25.6. The van der Waals surface area contributed by atoms with E-state index in [-0.39, 0.29) is 61.7 Å². The zero-order valence-corrected chi connectivity index (χ0v) is 45.9. The number of hydrogen-bond donors (Lipinski definition) is 15. The molecule has 8 atom stereocenters. The number of aliphatic hydroxyl groups is 1. The monoisotopic (exact) mass is 1230 g/mol. The smallest absolute Gasteiger partial charge is 0.330 e. The van der Waals surface area contributed by atoms with Crippen LogP contribution in [-0.4, -0.2) is 94.3 Å². The normalized spacial score (nSPS) is 21.9. The van der Waals surface area contributed by atoms with Crippen LogP contribution in [0.1, 0.15) is 75.3 Å². The Morgan fingerprint density at radius 2 is 1.06 bits per heavy atom. The molecule has 0 spiro atoms. The van der Waals surface area contributed by atoms with Gasteiger partial charge in [-0.2, -0.15) is 0 Å². The Balaban J connectivity index is 1.15. The van der Waals surface area contributed by atoms with Gasteiger partial charge in [0, 0.05) is 35.2 Å². The van der Waals surface area contributed by atoms with Crippen LogP contribution in [0.5, 0.6) is 69.0 Å². The lowest BCUT2D eigenvalue weighted by atomic mass is 9.89. The van der Waals surface area contributed by atoms with Crippen molar-refractivity contribution in [2.24, 2.45) is 5.73 Å². The molecule has 13 rings (SSSR count). The van der Waals surface area contributed by atoms with Gasteiger partial charge in [-0.15, -0.1) is 0 Å². The molecule has 7 aromatic carbocycles. The highest BCUT2D eigenvalue weighted by molar-refractivity contribution is 6.33. The van der Waals surface area contributed by atoms with Crippen LogP contribution in [-0.2, 0) is 40.0 Å². The molecule has 0 fully saturated rings. The maximum Gasteiger partial charge on any atom is 0.330 e. The van der Waals surface area contributed by atoms with Crippen LogP contribution in [0.2, 0.25) is 15.1 Å². The van der Waals surface area contributed by atoms with Gasteiger partial charge in [0.25, 0.3) is 0 Å². The van der Waals surface area contributed by atoms with Crippen LogP contribution in [0.15, 0.2) is 109 Å². The van der Waals surface area contributed by atoms with Gasteiger partial charge in [-0.1, -0.05) is 53.0 Å². The third kappa shape index (κ3) is 11.0. The number of nitrogens with two attached hydrogens (primary N) is 1. The minimum atomic E-state index is -2.23. The molecule has 6 amide bonds. The summed E-state index contributed by atoms with van der Waals surface area (Å²) in [5, 5.41) is 104. The maximum atomic E-state index is 15.7. The quantitative estimate of drug-likeness (QED) is 0.0945. The average Bonchev–Trinajstić information content (AvgIpc) is 3.02. The number of phenolic OH excluding ortho intramolecular Hbond substituents is 6. The van der Waals surface area contributed by atoms with Crippen molar-refractivity contribution in [2.75, 3.05) is 0 Å². The van der Waals surface area contributed by atoms with E-state index < -0.39 is 163 Å². The van der Waals surface area contributed by atoms with Crippen molar-refractivity contribution in [1.29, 1.82) is 0 Å². The fraction of sp³-hybridized carbons (Fsp3) is 0.155. The fourth-order valence-electron chi connectivity index (χ4n) is 10.3. The largest absolute Gasteiger partial charge is 0.508 e. The molecular formula is C58H44Cl3N7O18. The van der Waals surface area contributed by atoms with Gasteiger partial charge in [0.1, 0.15) is 82.6 Å². The number of hydrogen-bond acceptors (Lipinski definition) is 18. The molecule has 7 aromatic rings. The molecule has 6 aliphatic heterocycles. The van der Waals surface area contributed by atoms with Gasteiger partial charge in [-0.05, 0) is 112 Å². The zero-order chi connectivity index (χ0) is 61.3. The number of phenols is 6. The molecule has 25 nitrogen and oxygen atoms in total. The summed E-state index contributed by atoms with van der Waals surface area (Å²) in [5.74, 6) is -15.5. The van der Waals surface area contributed by atoms with E-state index in [9.17, 15) is 60.0 Å². The zero-order valence-electron chi connectivity index (χ0n) is 43.6. The van der Waals surface area contributed by atoms with E-state index in [0.717, 1.165) is 54.6 Å². The second-order valence-corrected chi connectivity index (χ2v) is 21.4. The van der Waals surface area contributed by atoms with Gasteiger partial charge in [0.05, 0.1) is 15.1 Å². The number of rotatable bonds is 1. The molecule has 0 aliphatic carbocycles. The van der Waals surface area contributed by atoms with Gasteiger partial charge in [-0.3, -0.25) is 28.8 Å². The molecule has 16 N–H and O–H groups in total. The number of aromatic hydroxyl groups is 6. The molecule has 0 radical (unpaired) electrons. The molecule has 0 aromatic heterocycles. The molecule has 0 unspecified atom stereocenters. The van der Waals surface area contributed by atoms with Crippen LogP contribution >= 0.6 is 34.8 Å². The Morgan fingerprint density at radius 3 is 1.71 bits per heavy atom. The van der Waals surface area contributed by atoms with E-state index in [1.807, 2.05) is 0 Å². The number of carbonyl (C=O) groups excluding carboxylic acids is 6. The van der Waals surface area contributed by atoms with Gasteiger partial charge in [-0.25, -0.2) is 4.79 Å². The van der Waals surface area contributed by atoms with Crippen molar-refractivity contribution in [3.63, 3.8) is 0 Å². The highest BCUT2D eigenvalue weighted by Crippen LogP contribution is 2.49. The summed E-state index contributed by atoms with van der Waals surface area (Å²) in [6.45, 7) is 0. The van der Waals surface area contributed by atoms with E-state index in [1.165, 1.54) is 54.6 Å². The number of carbonyl (C=O) groups is 7. The number of aliphatic hydroxyl groups excluding tert-OH is 1. The summed E-state index contributed by atoms with van der Waals surface area (Å²) in [7, 11) is 0. The standard InChI is InChI=1S/C58H44Cl3N7O18/c59-31-7-20-1-5-37(31)85-40-15-25-16-41(51(40)75)86-38-6-3-22(12-32(38)60)49(73)48-57(81)67-47(58(82)83)29-18-27(70)19-36(72)42(29)30-11-24(13-33(61)50(30)74)45(56(80)68-48)65-55(79)46(25)66-54(78)44-23-9-26(69)17-28(10-23)84-39-14-21(2-4-35(39)71)43(62)53(77)63-34(8-20)52(76)64-44/h1-7,9-19,34,43-49,69-75H,8,62H2,(H,63,77)(H,64,76)(H,65,79)(H,66,78)(H,67,81)(H,68,80)(H,82,83)/t34-,43-,44-,45+,46+,47+,48-,49+/m0/s1. The number of amides is 6. The van der Waals surface area contributed by atoms with Crippen molar-refractivity contribution >= 4 is 76.2 Å². The Bertz CT molecular complexity index is 4090. The van der Waals surface area contributed by atoms with Gasteiger partial charge in [0.15, 0.2) is 29.0 Å². The molecule has 6 heterocycles. The number of carboxylic acid groups (broad SMARTS) is 1. The summed E-state index contributed by atoms with van der Waals surface area (Å²) >= 11 is 20.3. The number of carboxylic acids is 1. The highest BCUT2D eigenvalue weighted by atomic mass is 35.5. The van der Waals surface area contributed by atoms with Crippen LogP contribution < -0.4 is 51.8 Å². The predicted molar refractivity (Wildman–Crippen MR) is 300 cm³/mol. The van der Waals surface area contributed by atoms with Crippen molar-refractivity contribution < 1.29 is 88.6 Å². The lowest BCUT2D eigenvalue weighted by Gasteiger charge is -2.31. The minimum Gasteiger partial charge on any atom is -0.508 e. The number of benzene rings is 7. The van der Waals surface area contributed by atoms with Crippen molar-refractivity contribution in [3.8, 4) is 80.1 Å². The summed E-state index contributed by atoms with van der Waals surface area (Å²) in [4.78, 5) is 103. The fourth-order valence-corrected chi connectivity index (χ4v) is 11.0. The second kappa shape index (κ2) is 22.4. The molecule has 28 heteroatoms. The van der Waals surface area contributed by atoms with Gasteiger partial charge < -0.3 is 92.7 Å². The van der Waals surface area contributed by atoms with E-state index in [4.69, 9.17) is 54.7 Å². The third-order valence-corrected chi connectivity index (χ3v) is 15.4. The third-order valence-electron chi connectivity index (χ3n) is 14.5. The summed E-state index contributed by atoms with van der Waals surface area (Å²) in [6.07, 6.45) is -2.51. The molecule has 440 valence electrons. The lowest BCUT2D eigenvalue weighted by molar-refractivity contribution is -0.143. The molecule has 6 aliphatic rings. The van der Waals surface area contributed by atoms with Crippen LogP contribution in [0, 0.1) is 0 Å². The Hall–Kier alpha value is -10.2. The first-order chi connectivity index (χ1) is 40.9. The number of fused-ring (bicyclic) bond motifs is 14. The number of aliphatic carboxylic acids is 1. The Labute approximate surface area is 498 Å². The van der Waals surface area contributed by atoms with Gasteiger partial charge in [0.2, 0.25) is 41.2 Å². The molecule has 0 saturated heterocycles. The highest BCUT2D eigenvalue weighted by Gasteiger charge is 2.41. The average molecular weight is 1230 g/mol. The minimum absolute atomic E-state index is 0.113. The van der Waals surface area contributed by atoms with Gasteiger partial charge >= 0.3 is 5.97 Å². The van der Waals surface area contributed by atoms with Crippen molar-refractivity contribution in [1.82, 2.24) is 31.9 Å². The number of ether oxygens (including phenoxy) is 3. The van der Waals surface area contributed by atoms with Crippen LogP contribution in [0.3, 0.4) is 0 Å².